The fourth-order valence-electron chi connectivity index (χ4n) is 0.939. The van der Waals surface area contributed by atoms with E-state index < -0.39 is 0 Å². The van der Waals surface area contributed by atoms with Gasteiger partial charge in [-0.25, -0.2) is 0 Å². The Bertz CT molecular complexity index is 195. The second-order valence-electron chi connectivity index (χ2n) is 4.57. The molecule has 0 aliphatic carbocycles. The molecule has 16 heavy (non-hydrogen) atoms. The van der Waals surface area contributed by atoms with Crippen LogP contribution in [0.25, 0.3) is 0 Å². The molecule has 0 aromatic carbocycles. The van der Waals surface area contributed by atoms with Crippen LogP contribution in [0.3, 0.4) is 0 Å². The van der Waals surface area contributed by atoms with Gasteiger partial charge in [0.25, 0.3) is 0 Å². The van der Waals surface area contributed by atoms with Crippen LogP contribution in [-0.2, 0) is 4.79 Å². The van der Waals surface area contributed by atoms with Gasteiger partial charge in [-0.2, -0.15) is 0 Å². The highest BCUT2D eigenvalue weighted by Gasteiger charge is 2.16. The van der Waals surface area contributed by atoms with Crippen LogP contribution in [0.5, 0.6) is 0 Å². The van der Waals surface area contributed by atoms with Crippen LogP contribution in [0, 0.1) is 0 Å². The molecule has 5 heteroatoms. The molecule has 0 bridgehead atoms. The molecule has 0 fully saturated rings. The largest absolute Gasteiger partial charge is 0.353 e. The van der Waals surface area contributed by atoms with Crippen molar-refractivity contribution in [2.45, 2.75) is 51.3 Å². The molecule has 1 unspecified atom stereocenters. The number of thioether (sulfide) groups is 1. The van der Waals surface area contributed by atoms with Crippen molar-refractivity contribution in [3.63, 3.8) is 0 Å². The monoisotopic (exact) mass is 268 g/mol. The molecule has 1 amide bonds. The number of carbonyl (C=O) groups excluding carboxylic acids is 1. The SMILES string of the molecule is CCCCSC(C)C(=O)NCC(C)(C)N.Cl. The van der Waals surface area contributed by atoms with E-state index in [1.807, 2.05) is 20.8 Å². The molecule has 0 rings (SSSR count). The third-order valence-corrected chi connectivity index (χ3v) is 3.19. The fraction of sp³-hybridized carbons (Fsp3) is 0.909. The summed E-state index contributed by atoms with van der Waals surface area (Å²) in [5.41, 5.74) is 5.45. The third-order valence-electron chi connectivity index (χ3n) is 1.95. The summed E-state index contributed by atoms with van der Waals surface area (Å²) in [7, 11) is 0. The maximum Gasteiger partial charge on any atom is 0.232 e. The van der Waals surface area contributed by atoms with Crippen LogP contribution in [0.15, 0.2) is 0 Å². The van der Waals surface area contributed by atoms with E-state index in [1.54, 1.807) is 11.8 Å². The first kappa shape index (κ1) is 18.4. The van der Waals surface area contributed by atoms with Crippen molar-refractivity contribution in [2.75, 3.05) is 12.3 Å². The highest BCUT2D eigenvalue weighted by atomic mass is 35.5. The van der Waals surface area contributed by atoms with E-state index in [1.165, 1.54) is 12.8 Å². The Morgan fingerprint density at radius 2 is 2.06 bits per heavy atom. The molecule has 0 saturated carbocycles. The Morgan fingerprint density at radius 1 is 1.50 bits per heavy atom. The summed E-state index contributed by atoms with van der Waals surface area (Å²) in [5.74, 6) is 1.14. The lowest BCUT2D eigenvalue weighted by atomic mass is 10.1. The van der Waals surface area contributed by atoms with Crippen molar-refractivity contribution in [3.8, 4) is 0 Å². The predicted octanol–water partition coefficient (Wildman–Crippen LogP) is 2.18. The van der Waals surface area contributed by atoms with Crippen molar-refractivity contribution in [1.29, 1.82) is 0 Å². The van der Waals surface area contributed by atoms with Gasteiger partial charge >= 0.3 is 0 Å². The minimum atomic E-state index is -0.330. The molecule has 0 aromatic heterocycles. The summed E-state index contributed by atoms with van der Waals surface area (Å²) in [6.45, 7) is 8.44. The zero-order chi connectivity index (χ0) is 11.9. The smallest absolute Gasteiger partial charge is 0.232 e. The topological polar surface area (TPSA) is 55.1 Å². The molecule has 1 atom stereocenters. The van der Waals surface area contributed by atoms with Gasteiger partial charge in [-0.15, -0.1) is 24.2 Å². The first-order valence-electron chi connectivity index (χ1n) is 5.55. The number of hydrogen-bond acceptors (Lipinski definition) is 3. The number of carbonyl (C=O) groups is 1. The zero-order valence-electron chi connectivity index (χ0n) is 10.7. The Hall–Kier alpha value is 0.0700. The van der Waals surface area contributed by atoms with E-state index in [4.69, 9.17) is 5.73 Å². The molecule has 98 valence electrons. The molecule has 3 N–H and O–H groups in total. The average Bonchev–Trinajstić information content (AvgIpc) is 2.13. The van der Waals surface area contributed by atoms with E-state index in [0.29, 0.717) is 6.54 Å². The summed E-state index contributed by atoms with van der Waals surface area (Å²) >= 11 is 1.71. The average molecular weight is 269 g/mol. The second-order valence-corrected chi connectivity index (χ2v) is 6.02. The van der Waals surface area contributed by atoms with Crippen molar-refractivity contribution >= 4 is 30.1 Å². The molecule has 0 radical (unpaired) electrons. The molecular weight excluding hydrogens is 244 g/mol. The van der Waals surface area contributed by atoms with Crippen molar-refractivity contribution < 1.29 is 4.79 Å². The van der Waals surface area contributed by atoms with Crippen LogP contribution in [0.2, 0.25) is 0 Å². The Morgan fingerprint density at radius 3 is 2.50 bits per heavy atom. The quantitative estimate of drug-likeness (QED) is 0.696. The van der Waals surface area contributed by atoms with Gasteiger partial charge in [-0.05, 0) is 32.9 Å². The summed E-state index contributed by atoms with van der Waals surface area (Å²) in [4.78, 5) is 11.6. The molecule has 3 nitrogen and oxygen atoms in total. The predicted molar refractivity (Wildman–Crippen MR) is 75.4 cm³/mol. The van der Waals surface area contributed by atoms with E-state index in [0.717, 1.165) is 5.75 Å². The number of halogens is 1. The maximum absolute atomic E-state index is 11.6. The van der Waals surface area contributed by atoms with Crippen LogP contribution in [-0.4, -0.2) is 29.0 Å². The summed E-state index contributed by atoms with van der Waals surface area (Å²) in [6, 6.07) is 0. The highest BCUT2D eigenvalue weighted by molar-refractivity contribution is 8.00. The summed E-state index contributed by atoms with van der Waals surface area (Å²) in [5, 5.41) is 2.89. The Kier molecular flexibility index (Phi) is 10.5. The number of hydrogen-bond donors (Lipinski definition) is 2. The van der Waals surface area contributed by atoms with Gasteiger partial charge in [-0.3, -0.25) is 4.79 Å². The molecule has 0 aliphatic rings. The summed E-state index contributed by atoms with van der Waals surface area (Å²) in [6.07, 6.45) is 2.35. The molecule has 0 spiro atoms. The first-order valence-corrected chi connectivity index (χ1v) is 6.60. The molecule has 0 saturated heterocycles. The standard InChI is InChI=1S/C11H24N2OS.ClH/c1-5-6-7-15-9(2)10(14)13-8-11(3,4)12;/h9H,5-8,12H2,1-4H3,(H,13,14);1H. The van der Waals surface area contributed by atoms with E-state index >= 15 is 0 Å². The Labute approximate surface area is 110 Å². The lowest BCUT2D eigenvalue weighted by molar-refractivity contribution is -0.120. The van der Waals surface area contributed by atoms with Gasteiger partial charge in [0.1, 0.15) is 0 Å². The highest BCUT2D eigenvalue weighted by Crippen LogP contribution is 2.12. The normalized spacial score (nSPS) is 12.8. The van der Waals surface area contributed by atoms with Crippen molar-refractivity contribution in [3.05, 3.63) is 0 Å². The van der Waals surface area contributed by atoms with E-state index in [9.17, 15) is 4.79 Å². The first-order chi connectivity index (χ1) is 6.87. The van der Waals surface area contributed by atoms with E-state index in [-0.39, 0.29) is 29.1 Å². The van der Waals surface area contributed by atoms with Gasteiger partial charge in [0.15, 0.2) is 0 Å². The fourth-order valence-corrected chi connectivity index (χ4v) is 1.98. The van der Waals surface area contributed by atoms with Gasteiger partial charge in [-0.1, -0.05) is 13.3 Å². The lowest BCUT2D eigenvalue weighted by Crippen LogP contribution is -2.46. The molecule has 0 heterocycles. The van der Waals surface area contributed by atoms with Gasteiger partial charge in [0.05, 0.1) is 5.25 Å². The zero-order valence-corrected chi connectivity index (χ0v) is 12.3. The lowest BCUT2D eigenvalue weighted by Gasteiger charge is -2.20. The van der Waals surface area contributed by atoms with Crippen molar-refractivity contribution in [1.82, 2.24) is 5.32 Å². The van der Waals surface area contributed by atoms with Crippen molar-refractivity contribution in [2.24, 2.45) is 5.73 Å². The molecular formula is C11H25ClN2OS. The number of unbranched alkanes of at least 4 members (excludes halogenated alkanes) is 1. The second kappa shape index (κ2) is 9.14. The van der Waals surface area contributed by atoms with Gasteiger partial charge < -0.3 is 11.1 Å². The van der Waals surface area contributed by atoms with Crippen LogP contribution >= 0.6 is 24.2 Å². The van der Waals surface area contributed by atoms with Crippen LogP contribution < -0.4 is 11.1 Å². The minimum Gasteiger partial charge on any atom is -0.353 e. The number of nitrogens with two attached hydrogens (primary N) is 1. The number of amides is 1. The molecule has 0 aromatic rings. The molecule has 0 aliphatic heterocycles. The minimum absolute atomic E-state index is 0. The van der Waals surface area contributed by atoms with Crippen LogP contribution in [0.4, 0.5) is 0 Å². The Balaban J connectivity index is 0. The number of rotatable bonds is 7. The maximum atomic E-state index is 11.6. The third kappa shape index (κ3) is 10.6. The summed E-state index contributed by atoms with van der Waals surface area (Å²) < 4.78 is 0. The van der Waals surface area contributed by atoms with Crippen LogP contribution in [0.1, 0.15) is 40.5 Å². The van der Waals surface area contributed by atoms with Gasteiger partial charge in [0, 0.05) is 12.1 Å². The van der Waals surface area contributed by atoms with Gasteiger partial charge in [0.2, 0.25) is 5.91 Å². The van der Waals surface area contributed by atoms with E-state index in [2.05, 4.69) is 12.2 Å². The number of nitrogens with one attached hydrogen (secondary N) is 1.